The van der Waals surface area contributed by atoms with Crippen LogP contribution in [0.5, 0.6) is 5.75 Å². The molecule has 1 aliphatic heterocycles. The molecule has 1 atom stereocenters. The Labute approximate surface area is 143 Å². The summed E-state index contributed by atoms with van der Waals surface area (Å²) >= 11 is 0. The van der Waals surface area contributed by atoms with Crippen molar-refractivity contribution >= 4 is 29.5 Å². The zero-order chi connectivity index (χ0) is 18.0. The summed E-state index contributed by atoms with van der Waals surface area (Å²) in [6.07, 6.45) is 0.654. The first kappa shape index (κ1) is 16.6. The Morgan fingerprint density at radius 3 is 2.68 bits per heavy atom. The van der Waals surface area contributed by atoms with Gasteiger partial charge in [-0.1, -0.05) is 0 Å². The van der Waals surface area contributed by atoms with Gasteiger partial charge in [0, 0.05) is 11.3 Å². The first-order valence-electron chi connectivity index (χ1n) is 7.60. The maximum atomic E-state index is 13.0. The summed E-state index contributed by atoms with van der Waals surface area (Å²) in [4.78, 5) is 37.1. The molecule has 2 aromatic rings. The summed E-state index contributed by atoms with van der Waals surface area (Å²) in [5.41, 5.74) is 1.15. The quantitative estimate of drug-likeness (QED) is 0.866. The molecule has 3 rings (SSSR count). The van der Waals surface area contributed by atoms with Crippen molar-refractivity contribution in [1.82, 2.24) is 0 Å². The minimum absolute atomic E-state index is 0.193. The molecule has 0 radical (unpaired) electrons. The van der Waals surface area contributed by atoms with E-state index in [1.807, 2.05) is 0 Å². The predicted octanol–water partition coefficient (Wildman–Crippen LogP) is 2.39. The van der Waals surface area contributed by atoms with E-state index in [0.29, 0.717) is 29.0 Å². The van der Waals surface area contributed by atoms with Crippen LogP contribution in [0, 0.1) is 5.82 Å². The van der Waals surface area contributed by atoms with Crippen LogP contribution < -0.4 is 15.0 Å². The van der Waals surface area contributed by atoms with Gasteiger partial charge in [0.2, 0.25) is 5.91 Å². The fourth-order valence-electron chi connectivity index (χ4n) is 2.58. The minimum Gasteiger partial charge on any atom is -0.482 e. The van der Waals surface area contributed by atoms with Crippen LogP contribution in [0.25, 0.3) is 0 Å². The topological polar surface area (TPSA) is 75.7 Å². The lowest BCUT2D eigenvalue weighted by Crippen LogP contribution is -2.49. The van der Waals surface area contributed by atoms with Gasteiger partial charge in [-0.05, 0) is 49.4 Å². The number of halogens is 1. The number of benzene rings is 2. The van der Waals surface area contributed by atoms with E-state index >= 15 is 0 Å². The summed E-state index contributed by atoms with van der Waals surface area (Å²) in [7, 11) is 0. The normalized spacial score (nSPS) is 14.3. The van der Waals surface area contributed by atoms with Crippen LogP contribution >= 0.6 is 0 Å². The van der Waals surface area contributed by atoms with Crippen LogP contribution in [-0.4, -0.2) is 30.7 Å². The van der Waals surface area contributed by atoms with Gasteiger partial charge in [-0.2, -0.15) is 0 Å². The number of carbonyl (C=O) groups excluding carboxylic acids is 3. The number of rotatable bonds is 4. The second-order valence-corrected chi connectivity index (χ2v) is 5.57. The lowest BCUT2D eigenvalue weighted by atomic mass is 10.1. The number of fused-ring (bicyclic) bond motifs is 1. The Morgan fingerprint density at radius 2 is 2.00 bits per heavy atom. The summed E-state index contributed by atoms with van der Waals surface area (Å²) in [5, 5.41) is 2.64. The molecule has 0 bridgehead atoms. The summed E-state index contributed by atoms with van der Waals surface area (Å²) < 4.78 is 18.3. The van der Waals surface area contributed by atoms with E-state index in [4.69, 9.17) is 4.74 Å². The van der Waals surface area contributed by atoms with Crippen molar-refractivity contribution in [2.45, 2.75) is 13.0 Å². The standard InChI is InChI=1S/C18H15FN2O4/c1-11(18(24)20-14-5-3-13(19)4-6-14)21-15-8-12(9-22)2-7-16(15)25-10-17(21)23/h2-9,11H,10H2,1H3,(H,20,24). The van der Waals surface area contributed by atoms with Crippen LogP contribution in [0.4, 0.5) is 15.8 Å². The molecule has 1 unspecified atom stereocenters. The van der Waals surface area contributed by atoms with Crippen LogP contribution in [0.3, 0.4) is 0 Å². The van der Waals surface area contributed by atoms with Crippen molar-refractivity contribution in [3.63, 3.8) is 0 Å². The third kappa shape index (κ3) is 3.35. The van der Waals surface area contributed by atoms with Crippen LogP contribution in [-0.2, 0) is 9.59 Å². The number of hydrogen-bond acceptors (Lipinski definition) is 4. The zero-order valence-electron chi connectivity index (χ0n) is 13.4. The molecule has 128 valence electrons. The molecule has 25 heavy (non-hydrogen) atoms. The van der Waals surface area contributed by atoms with Crippen molar-refractivity contribution in [2.24, 2.45) is 0 Å². The van der Waals surface area contributed by atoms with Gasteiger partial charge >= 0.3 is 0 Å². The van der Waals surface area contributed by atoms with Gasteiger partial charge in [-0.3, -0.25) is 19.3 Å². The molecule has 0 saturated carbocycles. The SMILES string of the molecule is CC(C(=O)Nc1ccc(F)cc1)N1C(=O)COc2ccc(C=O)cc21. The molecule has 1 heterocycles. The summed E-state index contributed by atoms with van der Waals surface area (Å²) in [5.74, 6) is -0.821. The Balaban J connectivity index is 1.87. The molecule has 0 saturated heterocycles. The Bertz CT molecular complexity index is 835. The molecule has 0 spiro atoms. The molecule has 0 aliphatic carbocycles. The molecule has 2 aromatic carbocycles. The largest absolute Gasteiger partial charge is 0.482 e. The summed E-state index contributed by atoms with van der Waals surface area (Å²) in [6, 6.07) is 9.13. The fraction of sp³-hybridized carbons (Fsp3) is 0.167. The highest BCUT2D eigenvalue weighted by molar-refractivity contribution is 6.07. The predicted molar refractivity (Wildman–Crippen MR) is 89.3 cm³/mol. The van der Waals surface area contributed by atoms with Gasteiger partial charge < -0.3 is 10.1 Å². The van der Waals surface area contributed by atoms with Crippen molar-refractivity contribution in [2.75, 3.05) is 16.8 Å². The highest BCUT2D eigenvalue weighted by Crippen LogP contribution is 2.34. The molecular weight excluding hydrogens is 327 g/mol. The van der Waals surface area contributed by atoms with E-state index in [1.165, 1.54) is 35.2 Å². The van der Waals surface area contributed by atoms with E-state index < -0.39 is 23.7 Å². The number of carbonyl (C=O) groups is 3. The van der Waals surface area contributed by atoms with Gasteiger partial charge in [0.25, 0.3) is 5.91 Å². The number of hydrogen-bond donors (Lipinski definition) is 1. The third-order valence-electron chi connectivity index (χ3n) is 3.88. The number of aldehydes is 1. The lowest BCUT2D eigenvalue weighted by Gasteiger charge is -2.33. The first-order chi connectivity index (χ1) is 12.0. The Morgan fingerprint density at radius 1 is 1.28 bits per heavy atom. The number of amides is 2. The molecular formula is C18H15FN2O4. The molecule has 0 aromatic heterocycles. The van der Waals surface area contributed by atoms with Gasteiger partial charge in [0.05, 0.1) is 5.69 Å². The third-order valence-corrected chi connectivity index (χ3v) is 3.88. The van der Waals surface area contributed by atoms with E-state index in [9.17, 15) is 18.8 Å². The van der Waals surface area contributed by atoms with Gasteiger partial charge in [0.1, 0.15) is 23.9 Å². The molecule has 7 heteroatoms. The number of nitrogens with one attached hydrogen (secondary N) is 1. The van der Waals surface area contributed by atoms with Gasteiger partial charge in [-0.15, -0.1) is 0 Å². The van der Waals surface area contributed by atoms with E-state index in [1.54, 1.807) is 19.1 Å². The van der Waals surface area contributed by atoms with Crippen LogP contribution in [0.2, 0.25) is 0 Å². The van der Waals surface area contributed by atoms with Crippen molar-refractivity contribution in [3.05, 3.63) is 53.8 Å². The van der Waals surface area contributed by atoms with Crippen molar-refractivity contribution in [3.8, 4) is 5.75 Å². The summed E-state index contributed by atoms with van der Waals surface area (Å²) in [6.45, 7) is 1.38. The second kappa shape index (κ2) is 6.72. The average molecular weight is 342 g/mol. The van der Waals surface area contributed by atoms with Crippen LogP contribution in [0.15, 0.2) is 42.5 Å². The highest BCUT2D eigenvalue weighted by atomic mass is 19.1. The maximum Gasteiger partial charge on any atom is 0.265 e. The van der Waals surface area contributed by atoms with Crippen molar-refractivity contribution in [1.29, 1.82) is 0 Å². The number of anilines is 2. The highest BCUT2D eigenvalue weighted by Gasteiger charge is 2.33. The van der Waals surface area contributed by atoms with Crippen molar-refractivity contribution < 1.29 is 23.5 Å². The van der Waals surface area contributed by atoms with E-state index in [2.05, 4.69) is 5.32 Å². The molecule has 2 amide bonds. The molecule has 0 fully saturated rings. The zero-order valence-corrected chi connectivity index (χ0v) is 13.4. The van der Waals surface area contributed by atoms with E-state index in [0.717, 1.165) is 0 Å². The average Bonchev–Trinajstić information content (AvgIpc) is 2.62. The minimum atomic E-state index is -0.845. The Kier molecular flexibility index (Phi) is 4.47. The maximum absolute atomic E-state index is 13.0. The van der Waals surface area contributed by atoms with Crippen LogP contribution in [0.1, 0.15) is 17.3 Å². The Hall–Kier alpha value is -3.22. The molecule has 1 aliphatic rings. The van der Waals surface area contributed by atoms with Gasteiger partial charge in [-0.25, -0.2) is 4.39 Å². The second-order valence-electron chi connectivity index (χ2n) is 5.57. The molecule has 1 N–H and O–H groups in total. The first-order valence-corrected chi connectivity index (χ1v) is 7.60. The number of nitrogens with zero attached hydrogens (tertiary/aromatic N) is 1. The smallest absolute Gasteiger partial charge is 0.265 e. The monoisotopic (exact) mass is 342 g/mol. The number of ether oxygens (including phenoxy) is 1. The molecule has 6 nitrogen and oxygen atoms in total. The lowest BCUT2D eigenvalue weighted by molar-refractivity contribution is -0.125. The fourth-order valence-corrected chi connectivity index (χ4v) is 2.58. The van der Waals surface area contributed by atoms with E-state index in [-0.39, 0.29) is 6.61 Å². The van der Waals surface area contributed by atoms with Gasteiger partial charge in [0.15, 0.2) is 6.61 Å².